The normalized spacial score (nSPS) is 16.3. The highest BCUT2D eigenvalue weighted by molar-refractivity contribution is 5.74. The van der Waals surface area contributed by atoms with E-state index in [1.54, 1.807) is 0 Å². The molecule has 0 bridgehead atoms. The maximum Gasteiger partial charge on any atom is 0.315 e. The molecule has 4 nitrogen and oxygen atoms in total. The third kappa shape index (κ3) is 3.39. The van der Waals surface area contributed by atoms with Gasteiger partial charge in [-0.2, -0.15) is 0 Å². The van der Waals surface area contributed by atoms with Crippen molar-refractivity contribution in [1.82, 2.24) is 10.6 Å². The third-order valence-corrected chi connectivity index (χ3v) is 3.91. The lowest BCUT2D eigenvalue weighted by molar-refractivity contribution is 0.214. The molecule has 3 rings (SSSR count). The second kappa shape index (κ2) is 6.52. The Labute approximate surface area is 130 Å². The summed E-state index contributed by atoms with van der Waals surface area (Å²) in [6.45, 7) is 3.08. The first kappa shape index (κ1) is 14.4. The van der Waals surface area contributed by atoms with Gasteiger partial charge in [-0.1, -0.05) is 42.5 Å². The number of aryl methyl sites for hydroxylation is 1. The number of fused-ring (bicyclic) bond motifs is 1. The highest BCUT2D eigenvalue weighted by Gasteiger charge is 2.20. The first-order valence-corrected chi connectivity index (χ1v) is 7.52. The summed E-state index contributed by atoms with van der Waals surface area (Å²) < 4.78 is 5.68. The van der Waals surface area contributed by atoms with Crippen LogP contribution < -0.4 is 15.4 Å². The van der Waals surface area contributed by atoms with Gasteiger partial charge in [0.25, 0.3) is 0 Å². The van der Waals surface area contributed by atoms with Crippen LogP contribution in [0.2, 0.25) is 0 Å². The summed E-state index contributed by atoms with van der Waals surface area (Å²) in [6.07, 6.45) is 0.800. The lowest BCUT2D eigenvalue weighted by Gasteiger charge is -2.26. The van der Waals surface area contributed by atoms with Crippen LogP contribution in [0.4, 0.5) is 4.79 Å². The number of benzene rings is 2. The number of para-hydroxylation sites is 1. The van der Waals surface area contributed by atoms with Crippen LogP contribution in [0.25, 0.3) is 0 Å². The Morgan fingerprint density at radius 3 is 2.82 bits per heavy atom. The zero-order valence-corrected chi connectivity index (χ0v) is 12.6. The van der Waals surface area contributed by atoms with Gasteiger partial charge >= 0.3 is 6.03 Å². The van der Waals surface area contributed by atoms with E-state index in [9.17, 15) is 4.79 Å². The van der Waals surface area contributed by atoms with Crippen molar-refractivity contribution >= 4 is 6.03 Å². The summed E-state index contributed by atoms with van der Waals surface area (Å²) in [5.74, 6) is 0.917. The third-order valence-electron chi connectivity index (χ3n) is 3.91. The van der Waals surface area contributed by atoms with Gasteiger partial charge in [0.1, 0.15) is 12.4 Å². The number of hydrogen-bond acceptors (Lipinski definition) is 2. The van der Waals surface area contributed by atoms with E-state index in [0.717, 1.165) is 23.3 Å². The van der Waals surface area contributed by atoms with Crippen LogP contribution in [0, 0.1) is 6.92 Å². The van der Waals surface area contributed by atoms with Crippen molar-refractivity contribution < 1.29 is 9.53 Å². The minimum atomic E-state index is -0.156. The molecule has 1 atom stereocenters. The van der Waals surface area contributed by atoms with Gasteiger partial charge in [-0.25, -0.2) is 4.79 Å². The van der Waals surface area contributed by atoms with Gasteiger partial charge < -0.3 is 15.4 Å². The summed E-state index contributed by atoms with van der Waals surface area (Å²) in [5, 5.41) is 5.88. The highest BCUT2D eigenvalue weighted by atomic mass is 16.5. The molecule has 1 aliphatic heterocycles. The summed E-state index contributed by atoms with van der Waals surface area (Å²) in [4.78, 5) is 12.0. The second-order valence-corrected chi connectivity index (χ2v) is 5.57. The van der Waals surface area contributed by atoms with E-state index >= 15 is 0 Å². The number of carbonyl (C=O) groups is 1. The van der Waals surface area contributed by atoms with Crippen LogP contribution in [0.5, 0.6) is 5.75 Å². The quantitative estimate of drug-likeness (QED) is 0.915. The Kier molecular flexibility index (Phi) is 4.28. The topological polar surface area (TPSA) is 50.4 Å². The number of nitrogens with one attached hydrogen (secondary N) is 2. The fourth-order valence-electron chi connectivity index (χ4n) is 2.64. The monoisotopic (exact) mass is 296 g/mol. The molecule has 22 heavy (non-hydrogen) atoms. The van der Waals surface area contributed by atoms with E-state index in [1.165, 1.54) is 5.56 Å². The van der Waals surface area contributed by atoms with E-state index < -0.39 is 0 Å². The fraction of sp³-hybridized carbons (Fsp3) is 0.278. The van der Waals surface area contributed by atoms with Gasteiger partial charge in [-0.3, -0.25) is 0 Å². The van der Waals surface area contributed by atoms with Gasteiger partial charge in [0.2, 0.25) is 0 Å². The van der Waals surface area contributed by atoms with E-state index in [-0.39, 0.29) is 12.1 Å². The number of hydrogen-bond donors (Lipinski definition) is 2. The second-order valence-electron chi connectivity index (χ2n) is 5.57. The summed E-state index contributed by atoms with van der Waals surface area (Å²) >= 11 is 0. The lowest BCUT2D eigenvalue weighted by Crippen LogP contribution is -2.47. The van der Waals surface area contributed by atoms with E-state index in [1.807, 2.05) is 55.5 Å². The highest BCUT2D eigenvalue weighted by Crippen LogP contribution is 2.23. The van der Waals surface area contributed by atoms with Crippen molar-refractivity contribution in [1.29, 1.82) is 0 Å². The van der Waals surface area contributed by atoms with Crippen LogP contribution in [-0.4, -0.2) is 18.7 Å². The van der Waals surface area contributed by atoms with Crippen LogP contribution in [-0.2, 0) is 13.0 Å². The van der Waals surface area contributed by atoms with Crippen molar-refractivity contribution in [3.63, 3.8) is 0 Å². The van der Waals surface area contributed by atoms with Crippen molar-refractivity contribution in [2.45, 2.75) is 25.9 Å². The molecule has 2 N–H and O–H groups in total. The minimum absolute atomic E-state index is 0.00627. The van der Waals surface area contributed by atoms with Crippen LogP contribution in [0.3, 0.4) is 0 Å². The molecule has 0 saturated carbocycles. The molecule has 2 aromatic rings. The first-order chi connectivity index (χ1) is 10.7. The molecular formula is C18H20N2O2. The zero-order valence-electron chi connectivity index (χ0n) is 12.6. The maximum absolute atomic E-state index is 12.0. The Morgan fingerprint density at radius 2 is 1.95 bits per heavy atom. The Hall–Kier alpha value is -2.49. The molecule has 0 aliphatic carbocycles. The molecule has 114 valence electrons. The van der Waals surface area contributed by atoms with Gasteiger partial charge in [0.15, 0.2) is 0 Å². The van der Waals surface area contributed by atoms with Gasteiger partial charge in [0, 0.05) is 6.54 Å². The molecule has 0 fully saturated rings. The average molecular weight is 296 g/mol. The predicted octanol–water partition coefficient (Wildman–Crippen LogP) is 2.80. The van der Waals surface area contributed by atoms with E-state index in [2.05, 4.69) is 10.6 Å². The van der Waals surface area contributed by atoms with E-state index in [4.69, 9.17) is 4.74 Å². The average Bonchev–Trinajstić information content (AvgIpc) is 2.54. The number of ether oxygens (including phenoxy) is 1. The summed E-state index contributed by atoms with van der Waals surface area (Å²) in [7, 11) is 0. The number of rotatable bonds is 3. The molecule has 1 heterocycles. The summed E-state index contributed by atoms with van der Waals surface area (Å²) in [6, 6.07) is 15.8. The molecule has 2 amide bonds. The molecule has 0 unspecified atom stereocenters. The van der Waals surface area contributed by atoms with Gasteiger partial charge in [-0.05, 0) is 36.1 Å². The largest absolute Gasteiger partial charge is 0.491 e. The fourth-order valence-corrected chi connectivity index (χ4v) is 2.64. The smallest absolute Gasteiger partial charge is 0.315 e. The molecule has 4 heteroatoms. The zero-order chi connectivity index (χ0) is 15.4. The van der Waals surface area contributed by atoms with Crippen molar-refractivity contribution in [2.75, 3.05) is 6.61 Å². The van der Waals surface area contributed by atoms with Crippen LogP contribution in [0.15, 0.2) is 48.5 Å². The molecule has 0 saturated heterocycles. The number of carbonyl (C=O) groups excluding carboxylic acids is 1. The van der Waals surface area contributed by atoms with Crippen LogP contribution in [0.1, 0.15) is 16.7 Å². The molecule has 0 spiro atoms. The lowest BCUT2D eigenvalue weighted by atomic mass is 10.0. The Morgan fingerprint density at radius 1 is 1.18 bits per heavy atom. The molecule has 2 aromatic carbocycles. The van der Waals surface area contributed by atoms with Gasteiger partial charge in [-0.15, -0.1) is 0 Å². The van der Waals surface area contributed by atoms with Crippen molar-refractivity contribution in [2.24, 2.45) is 0 Å². The maximum atomic E-state index is 12.0. The first-order valence-electron chi connectivity index (χ1n) is 7.52. The standard InChI is InChI=1S/C18H20N2O2/c1-13-6-2-3-8-15(13)11-19-18(21)20-16-10-14-7-4-5-9-17(14)22-12-16/h2-9,16H,10-12H2,1H3,(H2,19,20,21)/t16-/m1/s1. The summed E-state index contributed by atoms with van der Waals surface area (Å²) in [5.41, 5.74) is 3.44. The molecule has 0 aromatic heterocycles. The number of urea groups is 1. The predicted molar refractivity (Wildman–Crippen MR) is 86.0 cm³/mol. The number of amides is 2. The van der Waals surface area contributed by atoms with Gasteiger partial charge in [0.05, 0.1) is 6.04 Å². The molecule has 0 radical (unpaired) electrons. The van der Waals surface area contributed by atoms with Crippen molar-refractivity contribution in [3.05, 3.63) is 65.2 Å². The Balaban J connectivity index is 1.52. The molecular weight excluding hydrogens is 276 g/mol. The molecule has 1 aliphatic rings. The minimum Gasteiger partial charge on any atom is -0.491 e. The Bertz CT molecular complexity index is 670. The SMILES string of the molecule is Cc1ccccc1CNC(=O)N[C@H]1COc2ccccc2C1. The van der Waals surface area contributed by atoms with E-state index in [0.29, 0.717) is 13.2 Å². The van der Waals surface area contributed by atoms with Crippen molar-refractivity contribution in [3.8, 4) is 5.75 Å². The van der Waals surface area contributed by atoms with Crippen LogP contribution >= 0.6 is 0 Å².